The van der Waals surface area contributed by atoms with Gasteiger partial charge in [0, 0.05) is 18.5 Å². The van der Waals surface area contributed by atoms with Crippen LogP contribution in [0.4, 0.5) is 27.8 Å². The second kappa shape index (κ2) is 10.0. The van der Waals surface area contributed by atoms with Crippen LogP contribution in [0.2, 0.25) is 0 Å². The molecule has 2 aromatic heterocycles. The van der Waals surface area contributed by atoms with Crippen LogP contribution in [0.3, 0.4) is 0 Å². The summed E-state index contributed by atoms with van der Waals surface area (Å²) in [5.74, 6) is -10.2. The zero-order valence-electron chi connectivity index (χ0n) is 20.0. The number of amides is 1. The molecule has 0 radical (unpaired) electrons. The van der Waals surface area contributed by atoms with E-state index in [2.05, 4.69) is 36.3 Å². The van der Waals surface area contributed by atoms with Gasteiger partial charge in [-0.3, -0.25) is 9.48 Å². The monoisotopic (exact) mass is 519 g/mol. The first kappa shape index (κ1) is 25.9. The lowest BCUT2D eigenvalue weighted by atomic mass is 9.87. The van der Waals surface area contributed by atoms with Gasteiger partial charge in [-0.1, -0.05) is 32.9 Å². The Kier molecular flexibility index (Phi) is 7.01. The number of ether oxygens (including phenoxy) is 1. The van der Waals surface area contributed by atoms with Crippen molar-refractivity contribution in [1.82, 2.24) is 19.6 Å². The van der Waals surface area contributed by atoms with E-state index >= 15 is 0 Å². The lowest BCUT2D eigenvalue weighted by Gasteiger charge is -2.19. The Morgan fingerprint density at radius 3 is 2.05 bits per heavy atom. The topological polar surface area (TPSA) is 74.0 Å². The molecule has 0 aliphatic rings. The zero-order chi connectivity index (χ0) is 26.9. The first-order chi connectivity index (χ1) is 17.4. The van der Waals surface area contributed by atoms with E-state index < -0.39 is 47.1 Å². The number of halogens is 5. The summed E-state index contributed by atoms with van der Waals surface area (Å²) in [6.45, 7) is 5.63. The Balaban J connectivity index is 1.36. The van der Waals surface area contributed by atoms with Crippen LogP contribution < -0.4 is 10.1 Å². The van der Waals surface area contributed by atoms with Gasteiger partial charge in [0.1, 0.15) is 5.75 Å². The highest BCUT2D eigenvalue weighted by Gasteiger charge is 2.26. The van der Waals surface area contributed by atoms with Crippen LogP contribution in [-0.2, 0) is 18.7 Å². The van der Waals surface area contributed by atoms with E-state index in [0.29, 0.717) is 5.75 Å². The smallest absolute Gasteiger partial charge is 0.277 e. The van der Waals surface area contributed by atoms with E-state index in [9.17, 15) is 26.7 Å². The maximum Gasteiger partial charge on any atom is 0.277 e. The molecule has 7 nitrogen and oxygen atoms in total. The molecule has 1 amide bonds. The molecule has 0 aliphatic carbocycles. The van der Waals surface area contributed by atoms with Crippen molar-refractivity contribution in [2.45, 2.75) is 39.5 Å². The number of anilines is 1. The molecule has 0 bridgehead atoms. The van der Waals surface area contributed by atoms with E-state index in [0.717, 1.165) is 10.2 Å². The molecule has 0 saturated carbocycles. The van der Waals surface area contributed by atoms with Crippen LogP contribution in [0, 0.1) is 29.1 Å². The van der Waals surface area contributed by atoms with Crippen LogP contribution in [0.1, 0.15) is 42.4 Å². The number of nitrogens with one attached hydrogen (secondary N) is 1. The first-order valence-corrected chi connectivity index (χ1v) is 11.1. The van der Waals surface area contributed by atoms with Crippen molar-refractivity contribution >= 4 is 11.7 Å². The van der Waals surface area contributed by atoms with Gasteiger partial charge in [0.05, 0.1) is 12.1 Å². The predicted octanol–water partition coefficient (Wildman–Crippen LogP) is 5.41. The minimum Gasteiger partial charge on any atom is -0.471 e. The highest BCUT2D eigenvalue weighted by Crippen LogP contribution is 2.25. The van der Waals surface area contributed by atoms with E-state index in [1.165, 1.54) is 23.0 Å². The SMILES string of the molecule is CC(C)(C)c1ccc(OCn2ccc(C(=O)Nc3ccn(Cc4c(F)c(F)c(F)c(F)c4F)n3)n2)cc1. The Morgan fingerprint density at radius 1 is 0.838 bits per heavy atom. The summed E-state index contributed by atoms with van der Waals surface area (Å²) in [6.07, 6.45) is 2.76. The molecule has 0 atom stereocenters. The third-order valence-electron chi connectivity index (χ3n) is 5.46. The van der Waals surface area contributed by atoms with Crippen molar-refractivity contribution in [3.8, 4) is 5.75 Å². The molecule has 0 fully saturated rings. The summed E-state index contributed by atoms with van der Waals surface area (Å²) in [5.41, 5.74) is 0.166. The van der Waals surface area contributed by atoms with Crippen LogP contribution in [0.25, 0.3) is 0 Å². The van der Waals surface area contributed by atoms with Crippen LogP contribution >= 0.6 is 0 Å². The summed E-state index contributed by atoms with van der Waals surface area (Å²) in [4.78, 5) is 12.5. The van der Waals surface area contributed by atoms with E-state index in [1.807, 2.05) is 24.3 Å². The minimum absolute atomic E-state index is 0.0152. The maximum absolute atomic E-state index is 13.9. The number of aromatic nitrogens is 4. The van der Waals surface area contributed by atoms with Crippen molar-refractivity contribution < 1.29 is 31.5 Å². The molecule has 0 unspecified atom stereocenters. The fourth-order valence-corrected chi connectivity index (χ4v) is 3.39. The lowest BCUT2D eigenvalue weighted by molar-refractivity contribution is 0.101. The molecule has 2 heterocycles. The quantitative estimate of drug-likeness (QED) is 0.201. The molecule has 4 aromatic rings. The number of hydrogen-bond donors (Lipinski definition) is 1. The number of rotatable bonds is 7. The lowest BCUT2D eigenvalue weighted by Crippen LogP contribution is -2.15. The van der Waals surface area contributed by atoms with Gasteiger partial charge in [-0.25, -0.2) is 26.6 Å². The fourth-order valence-electron chi connectivity index (χ4n) is 3.39. The summed E-state index contributed by atoms with van der Waals surface area (Å²) in [7, 11) is 0. The highest BCUT2D eigenvalue weighted by molar-refractivity contribution is 6.02. The average molecular weight is 519 g/mol. The molecule has 1 N–H and O–H groups in total. The van der Waals surface area contributed by atoms with Gasteiger partial charge < -0.3 is 10.1 Å². The number of carbonyl (C=O) groups excluding carboxylic acids is 1. The second-order valence-electron chi connectivity index (χ2n) is 9.19. The van der Waals surface area contributed by atoms with Gasteiger partial charge in [0.2, 0.25) is 5.82 Å². The Hall–Kier alpha value is -4.22. The number of carbonyl (C=O) groups is 1. The normalized spacial score (nSPS) is 11.6. The van der Waals surface area contributed by atoms with Crippen LogP contribution in [-0.4, -0.2) is 25.5 Å². The molecule has 4 rings (SSSR count). The van der Waals surface area contributed by atoms with Crippen molar-refractivity contribution in [2.75, 3.05) is 5.32 Å². The molecular formula is C25H22F5N5O2. The maximum atomic E-state index is 13.9. The van der Waals surface area contributed by atoms with E-state index in [1.54, 1.807) is 6.20 Å². The predicted molar refractivity (Wildman–Crippen MR) is 124 cm³/mol. The zero-order valence-corrected chi connectivity index (χ0v) is 20.0. The van der Waals surface area contributed by atoms with Crippen molar-refractivity contribution in [3.05, 3.63) is 94.7 Å². The number of nitrogens with zero attached hydrogens (tertiary/aromatic N) is 4. The van der Waals surface area contributed by atoms with Crippen molar-refractivity contribution in [3.63, 3.8) is 0 Å². The third-order valence-corrected chi connectivity index (χ3v) is 5.46. The van der Waals surface area contributed by atoms with Gasteiger partial charge >= 0.3 is 0 Å². The van der Waals surface area contributed by atoms with E-state index in [-0.39, 0.29) is 23.7 Å². The van der Waals surface area contributed by atoms with Crippen LogP contribution in [0.15, 0.2) is 48.8 Å². The molecule has 194 valence electrons. The van der Waals surface area contributed by atoms with Gasteiger partial charge in [-0.05, 0) is 29.2 Å². The summed E-state index contributed by atoms with van der Waals surface area (Å²) in [6, 6.07) is 10.4. The molecule has 2 aromatic carbocycles. The molecule has 0 spiro atoms. The summed E-state index contributed by atoms with van der Waals surface area (Å²) < 4.78 is 75.9. The van der Waals surface area contributed by atoms with E-state index in [4.69, 9.17) is 4.74 Å². The number of hydrogen-bond acceptors (Lipinski definition) is 4. The van der Waals surface area contributed by atoms with Gasteiger partial charge in [0.25, 0.3) is 5.91 Å². The third kappa shape index (κ3) is 5.63. The van der Waals surface area contributed by atoms with Crippen molar-refractivity contribution in [2.24, 2.45) is 0 Å². The average Bonchev–Trinajstić information content (AvgIpc) is 3.52. The largest absolute Gasteiger partial charge is 0.471 e. The fraction of sp³-hybridized carbons (Fsp3) is 0.240. The van der Waals surface area contributed by atoms with Crippen LogP contribution in [0.5, 0.6) is 5.75 Å². The first-order valence-electron chi connectivity index (χ1n) is 11.1. The van der Waals surface area contributed by atoms with Crippen molar-refractivity contribution in [1.29, 1.82) is 0 Å². The molecule has 0 saturated heterocycles. The highest BCUT2D eigenvalue weighted by atomic mass is 19.2. The molecule has 0 aliphatic heterocycles. The van der Waals surface area contributed by atoms with Gasteiger partial charge in [0.15, 0.2) is 41.5 Å². The molecular weight excluding hydrogens is 497 g/mol. The van der Waals surface area contributed by atoms with Gasteiger partial charge in [-0.2, -0.15) is 10.2 Å². The number of benzene rings is 2. The Morgan fingerprint density at radius 2 is 1.43 bits per heavy atom. The van der Waals surface area contributed by atoms with Gasteiger partial charge in [-0.15, -0.1) is 0 Å². The standard InChI is InChI=1S/C25H22F5N5O2/c1-25(2,3)14-4-6-15(7-5-14)37-13-35-10-8-17(32-35)24(36)31-18-9-11-34(33-18)12-16-19(26)21(28)23(30)22(29)20(16)27/h4-11H,12-13H2,1-3H3,(H,31,33,36). The Bertz CT molecular complexity index is 1410. The molecule has 12 heteroatoms. The summed E-state index contributed by atoms with van der Waals surface area (Å²) >= 11 is 0. The Labute approximate surface area is 208 Å². The second-order valence-corrected chi connectivity index (χ2v) is 9.19. The minimum atomic E-state index is -2.24. The summed E-state index contributed by atoms with van der Waals surface area (Å²) in [5, 5.41) is 10.5. The molecule has 37 heavy (non-hydrogen) atoms.